The Bertz CT molecular complexity index is 900. The molecule has 3 nitrogen and oxygen atoms in total. The zero-order chi connectivity index (χ0) is 20.5. The van der Waals surface area contributed by atoms with Crippen LogP contribution >= 0.6 is 23.1 Å². The van der Waals surface area contributed by atoms with E-state index < -0.39 is 0 Å². The molecule has 148 valence electrons. The molecule has 1 N–H and O–H groups in total. The van der Waals surface area contributed by atoms with Crippen molar-refractivity contribution in [1.29, 1.82) is 5.26 Å². The normalized spacial score (nSPS) is 17.5. The van der Waals surface area contributed by atoms with Crippen molar-refractivity contribution in [3.63, 3.8) is 0 Å². The maximum absolute atomic E-state index is 12.8. The van der Waals surface area contributed by atoms with Crippen LogP contribution in [0.2, 0.25) is 0 Å². The molecule has 28 heavy (non-hydrogen) atoms. The van der Waals surface area contributed by atoms with Gasteiger partial charge in [-0.3, -0.25) is 4.79 Å². The Morgan fingerprint density at radius 3 is 2.61 bits per heavy atom. The fourth-order valence-electron chi connectivity index (χ4n) is 3.62. The molecule has 1 aliphatic carbocycles. The minimum atomic E-state index is -0.226. The first-order chi connectivity index (χ1) is 13.2. The number of rotatable bonds is 4. The summed E-state index contributed by atoms with van der Waals surface area (Å²) in [6.45, 7) is 10.8. The minimum absolute atomic E-state index is 0.0481. The number of thioether (sulfide) groups is 1. The Labute approximate surface area is 176 Å². The third kappa shape index (κ3) is 4.61. The molecule has 5 heteroatoms. The van der Waals surface area contributed by atoms with E-state index in [4.69, 9.17) is 0 Å². The van der Waals surface area contributed by atoms with Crippen LogP contribution in [0.3, 0.4) is 0 Å². The van der Waals surface area contributed by atoms with Crippen molar-refractivity contribution in [3.05, 3.63) is 45.8 Å². The molecule has 0 saturated heterocycles. The molecule has 0 saturated carbocycles. The summed E-state index contributed by atoms with van der Waals surface area (Å²) in [5.74, 6) is 0.567. The molecule has 3 rings (SSSR count). The van der Waals surface area contributed by atoms with Crippen molar-refractivity contribution in [3.8, 4) is 6.07 Å². The lowest BCUT2D eigenvalue weighted by atomic mass is 9.72. The van der Waals surface area contributed by atoms with E-state index in [9.17, 15) is 10.1 Å². The number of amides is 1. The average molecular weight is 413 g/mol. The van der Waals surface area contributed by atoms with E-state index in [2.05, 4.69) is 51.2 Å². The Morgan fingerprint density at radius 1 is 1.32 bits per heavy atom. The Kier molecular flexibility index (Phi) is 6.21. The van der Waals surface area contributed by atoms with E-state index in [-0.39, 0.29) is 16.6 Å². The fraction of sp³-hybridized carbons (Fsp3) is 0.478. The van der Waals surface area contributed by atoms with Gasteiger partial charge in [0.2, 0.25) is 5.91 Å². The Morgan fingerprint density at radius 2 is 2.00 bits per heavy atom. The maximum Gasteiger partial charge on any atom is 0.238 e. The molecule has 0 fully saturated rings. The minimum Gasteiger partial charge on any atom is -0.316 e. The molecule has 2 aromatic rings. The number of benzene rings is 1. The smallest absolute Gasteiger partial charge is 0.238 e. The molecule has 1 aliphatic rings. The molecule has 0 bridgehead atoms. The van der Waals surface area contributed by atoms with Crippen molar-refractivity contribution in [2.45, 2.75) is 64.0 Å². The summed E-state index contributed by atoms with van der Waals surface area (Å²) >= 11 is 3.14. The number of hydrogen-bond donors (Lipinski definition) is 1. The van der Waals surface area contributed by atoms with Gasteiger partial charge in [-0.05, 0) is 62.1 Å². The number of nitrogens with one attached hydrogen (secondary N) is 1. The van der Waals surface area contributed by atoms with Crippen molar-refractivity contribution < 1.29 is 4.79 Å². The van der Waals surface area contributed by atoms with Gasteiger partial charge in [-0.1, -0.05) is 38.5 Å². The molecule has 0 radical (unpaired) electrons. The lowest BCUT2D eigenvalue weighted by Crippen LogP contribution is -2.26. The number of hydrogen-bond acceptors (Lipinski definition) is 4. The summed E-state index contributed by atoms with van der Waals surface area (Å²) < 4.78 is 0. The average Bonchev–Trinajstić information content (AvgIpc) is 2.98. The molecule has 1 aromatic heterocycles. The molecule has 1 amide bonds. The first kappa shape index (κ1) is 21.0. The highest BCUT2D eigenvalue weighted by molar-refractivity contribution is 8.00. The largest absolute Gasteiger partial charge is 0.316 e. The predicted octanol–water partition coefficient (Wildman–Crippen LogP) is 6.20. The van der Waals surface area contributed by atoms with Gasteiger partial charge in [0.05, 0.1) is 10.8 Å². The zero-order valence-electron chi connectivity index (χ0n) is 17.3. The lowest BCUT2D eigenvalue weighted by molar-refractivity contribution is -0.115. The van der Waals surface area contributed by atoms with E-state index in [0.29, 0.717) is 11.5 Å². The third-order valence-corrected chi connectivity index (χ3v) is 7.82. The van der Waals surface area contributed by atoms with Gasteiger partial charge in [0.25, 0.3) is 0 Å². The SMILES string of the molecule is Cc1ccc(SC(C)C(=O)Nc2sc3c(c2C#N)CCC(C(C)(C)C)C3)cc1. The molecule has 0 spiro atoms. The summed E-state index contributed by atoms with van der Waals surface area (Å²) in [6, 6.07) is 10.5. The topological polar surface area (TPSA) is 52.9 Å². The van der Waals surface area contributed by atoms with Crippen LogP contribution in [0.4, 0.5) is 5.00 Å². The third-order valence-electron chi connectivity index (χ3n) is 5.54. The van der Waals surface area contributed by atoms with Crippen molar-refractivity contribution >= 4 is 34.0 Å². The summed E-state index contributed by atoms with van der Waals surface area (Å²) in [7, 11) is 0. The van der Waals surface area contributed by atoms with E-state index in [0.717, 1.165) is 34.7 Å². The molecule has 2 atom stereocenters. The van der Waals surface area contributed by atoms with Gasteiger partial charge >= 0.3 is 0 Å². The molecule has 1 heterocycles. The van der Waals surface area contributed by atoms with E-state index >= 15 is 0 Å². The summed E-state index contributed by atoms with van der Waals surface area (Å²) in [5.41, 5.74) is 3.30. The van der Waals surface area contributed by atoms with Gasteiger partial charge in [0.1, 0.15) is 11.1 Å². The first-order valence-corrected chi connectivity index (χ1v) is 11.5. The number of carbonyl (C=O) groups is 1. The molecule has 1 aromatic carbocycles. The number of fused-ring (bicyclic) bond motifs is 1. The van der Waals surface area contributed by atoms with Crippen molar-refractivity contribution in [2.24, 2.45) is 11.3 Å². The van der Waals surface area contributed by atoms with Crippen LogP contribution in [0.1, 0.15) is 55.7 Å². The van der Waals surface area contributed by atoms with Crippen LogP contribution in [-0.4, -0.2) is 11.2 Å². The maximum atomic E-state index is 12.8. The zero-order valence-corrected chi connectivity index (χ0v) is 18.9. The Balaban J connectivity index is 1.73. The first-order valence-electron chi connectivity index (χ1n) is 9.78. The number of nitrogens with zero attached hydrogens (tertiary/aromatic N) is 1. The monoisotopic (exact) mass is 412 g/mol. The fourth-order valence-corrected chi connectivity index (χ4v) is 5.77. The number of aryl methyl sites for hydroxylation is 1. The number of nitriles is 1. The quantitative estimate of drug-likeness (QED) is 0.608. The van der Waals surface area contributed by atoms with E-state index in [1.54, 1.807) is 23.1 Å². The van der Waals surface area contributed by atoms with Gasteiger partial charge in [-0.25, -0.2) is 0 Å². The van der Waals surface area contributed by atoms with Gasteiger partial charge in [-0.2, -0.15) is 5.26 Å². The highest BCUT2D eigenvalue weighted by Gasteiger charge is 2.32. The van der Waals surface area contributed by atoms with Crippen LogP contribution in [0, 0.1) is 29.6 Å². The molecule has 2 unspecified atom stereocenters. The molecular formula is C23H28N2OS2. The Hall–Kier alpha value is -1.77. The van der Waals surface area contributed by atoms with Crippen molar-refractivity contribution in [2.75, 3.05) is 5.32 Å². The highest BCUT2D eigenvalue weighted by Crippen LogP contribution is 2.44. The van der Waals surface area contributed by atoms with E-state index in [1.807, 2.05) is 19.1 Å². The predicted molar refractivity (Wildman–Crippen MR) is 119 cm³/mol. The second kappa shape index (κ2) is 8.31. The second-order valence-corrected chi connectivity index (χ2v) is 11.2. The lowest BCUT2D eigenvalue weighted by Gasteiger charge is -2.33. The highest BCUT2D eigenvalue weighted by atomic mass is 32.2. The summed E-state index contributed by atoms with van der Waals surface area (Å²) in [6.07, 6.45) is 3.04. The molecule has 0 aliphatic heterocycles. The van der Waals surface area contributed by atoms with Crippen LogP contribution in [0.15, 0.2) is 29.2 Å². The second-order valence-electron chi connectivity index (χ2n) is 8.69. The number of anilines is 1. The van der Waals surface area contributed by atoms with Gasteiger partial charge in [0, 0.05) is 9.77 Å². The van der Waals surface area contributed by atoms with Crippen LogP contribution < -0.4 is 5.32 Å². The summed E-state index contributed by atoms with van der Waals surface area (Å²) in [4.78, 5) is 15.1. The van der Waals surface area contributed by atoms with Crippen LogP contribution in [0.25, 0.3) is 0 Å². The van der Waals surface area contributed by atoms with Gasteiger partial charge in [-0.15, -0.1) is 23.1 Å². The van der Waals surface area contributed by atoms with E-state index in [1.165, 1.54) is 10.4 Å². The standard InChI is InChI=1S/C23H28N2OS2/c1-14-6-9-17(10-7-14)27-15(2)21(26)25-22-19(13-24)18-11-8-16(23(3,4)5)12-20(18)28-22/h6-7,9-10,15-16H,8,11-12H2,1-5H3,(H,25,26). The van der Waals surface area contributed by atoms with Gasteiger partial charge in [0.15, 0.2) is 0 Å². The number of thiophene rings is 1. The van der Waals surface area contributed by atoms with Crippen LogP contribution in [0.5, 0.6) is 0 Å². The molecular weight excluding hydrogens is 384 g/mol. The van der Waals surface area contributed by atoms with Gasteiger partial charge < -0.3 is 5.32 Å². The number of carbonyl (C=O) groups excluding carboxylic acids is 1. The van der Waals surface area contributed by atoms with Crippen molar-refractivity contribution in [1.82, 2.24) is 0 Å². The van der Waals surface area contributed by atoms with Crippen LogP contribution in [-0.2, 0) is 17.6 Å². The summed E-state index contributed by atoms with van der Waals surface area (Å²) in [5, 5.41) is 13.2.